The molecule has 6 aromatic carbocycles. The Hall–Kier alpha value is -9.40. The molecule has 0 aliphatic heterocycles. The maximum absolute atomic E-state index is 13.8. The van der Waals surface area contributed by atoms with Gasteiger partial charge in [0.2, 0.25) is 0 Å². The van der Waals surface area contributed by atoms with E-state index in [0.29, 0.717) is 40.5 Å². The van der Waals surface area contributed by atoms with Crippen LogP contribution in [-0.2, 0) is 28.6 Å². The number of hydrogen-bond donors (Lipinski definition) is 0. The lowest BCUT2D eigenvalue weighted by molar-refractivity contribution is -0.384. The average molecular weight is 968 g/mol. The fourth-order valence-electron chi connectivity index (χ4n) is 7.20. The number of nitro benzene ring substituents is 1. The van der Waals surface area contributed by atoms with Gasteiger partial charge in [0.15, 0.2) is 5.41 Å². The highest BCUT2D eigenvalue weighted by Crippen LogP contribution is 2.32. The first-order valence-electron chi connectivity index (χ1n) is 22.9. The van der Waals surface area contributed by atoms with Crippen molar-refractivity contribution in [3.63, 3.8) is 0 Å². The lowest BCUT2D eigenvalue weighted by Crippen LogP contribution is -2.36. The molecule has 0 amide bonds. The molecule has 0 saturated heterocycles. The number of likely N-dealkylation sites (N-methyl/N-ethyl adjacent to an activating group) is 1. The maximum Gasteiger partial charge on any atom is 0.326 e. The highest BCUT2D eigenvalue weighted by atomic mass is 16.6. The Bertz CT molecular complexity index is 2800. The van der Waals surface area contributed by atoms with Crippen LogP contribution in [0.1, 0.15) is 43.7 Å². The van der Waals surface area contributed by atoms with E-state index in [1.807, 2.05) is 78.6 Å². The van der Waals surface area contributed by atoms with Gasteiger partial charge in [-0.3, -0.25) is 24.5 Å². The summed E-state index contributed by atoms with van der Waals surface area (Å²) >= 11 is 0. The summed E-state index contributed by atoms with van der Waals surface area (Å²) in [7, 11) is 0. The third kappa shape index (κ3) is 15.3. The van der Waals surface area contributed by atoms with Crippen LogP contribution in [0.2, 0.25) is 0 Å². The van der Waals surface area contributed by atoms with Gasteiger partial charge in [0.05, 0.1) is 52.2 Å². The predicted octanol–water partition coefficient (Wildman–Crippen LogP) is 10.8. The molecule has 0 heterocycles. The van der Waals surface area contributed by atoms with Crippen molar-refractivity contribution in [2.24, 2.45) is 15.6 Å². The summed E-state index contributed by atoms with van der Waals surface area (Å²) < 4.78 is 28.0. The summed E-state index contributed by atoms with van der Waals surface area (Å²) in [5, 5.41) is 47.9. The zero-order valence-corrected chi connectivity index (χ0v) is 39.3. The molecule has 6 aromatic rings. The van der Waals surface area contributed by atoms with Crippen LogP contribution >= 0.6 is 0 Å². The number of carbonyl (C=O) groups excluding carboxylic acids is 3. The summed E-state index contributed by atoms with van der Waals surface area (Å²) in [5.41, 5.74) is 4.67. The molecule has 0 aromatic heterocycles. The third-order valence-corrected chi connectivity index (χ3v) is 11.3. The van der Waals surface area contributed by atoms with Crippen LogP contribution in [-0.4, -0.2) is 69.0 Å². The highest BCUT2D eigenvalue weighted by molar-refractivity contribution is 5.82. The standard InChI is InChI=1S/C55H49N7O10/c1-2-61(48-19-15-46(16-20-48)59-60-47-17-21-49(22-18-47)62(66)67)31-32-72-54(65)55(39-58,29-27-52(63)70-35-33-68-50-23-11-44(12-24-50)42-7-3-40(37-56)4-8-42)30-28-53(64)71-36-34-69-51-25-13-45(14-26-51)43-9-5-41(38-57)6-10-43/h3-26H,2,27-36H2,1H3/b60-59+. The van der Waals surface area contributed by atoms with Gasteiger partial charge in [-0.2, -0.15) is 26.0 Å². The van der Waals surface area contributed by atoms with Gasteiger partial charge in [0.1, 0.15) is 44.5 Å². The number of rotatable bonds is 25. The van der Waals surface area contributed by atoms with Crippen LogP contribution < -0.4 is 14.4 Å². The van der Waals surface area contributed by atoms with Crippen LogP contribution in [0.3, 0.4) is 0 Å². The second kappa shape index (κ2) is 26.4. The first-order valence-corrected chi connectivity index (χ1v) is 22.9. The van der Waals surface area contributed by atoms with Crippen molar-refractivity contribution in [1.82, 2.24) is 0 Å². The zero-order chi connectivity index (χ0) is 51.1. The zero-order valence-electron chi connectivity index (χ0n) is 39.3. The second-order valence-electron chi connectivity index (χ2n) is 16.0. The quantitative estimate of drug-likeness (QED) is 0.0129. The topological polar surface area (TPSA) is 240 Å². The number of ether oxygens (including phenoxy) is 5. The molecule has 0 bridgehead atoms. The summed E-state index contributed by atoms with van der Waals surface area (Å²) in [6.45, 7) is 2.44. The van der Waals surface area contributed by atoms with Gasteiger partial charge < -0.3 is 28.6 Å². The van der Waals surface area contributed by atoms with Gasteiger partial charge in [-0.05, 0) is 127 Å². The van der Waals surface area contributed by atoms with Gasteiger partial charge in [-0.1, -0.05) is 48.5 Å². The highest BCUT2D eigenvalue weighted by Gasteiger charge is 2.41. The van der Waals surface area contributed by atoms with Crippen molar-refractivity contribution < 1.29 is 43.0 Å². The molecule has 0 atom stereocenters. The van der Waals surface area contributed by atoms with Crippen molar-refractivity contribution in [2.75, 3.05) is 51.0 Å². The van der Waals surface area contributed by atoms with Crippen LogP contribution in [0, 0.1) is 49.5 Å². The first kappa shape index (κ1) is 52.0. The molecule has 6 rings (SSSR count). The number of benzene rings is 6. The smallest absolute Gasteiger partial charge is 0.326 e. The number of nitriles is 3. The fraction of sp³-hybridized carbons (Fsp3) is 0.236. The second-order valence-corrected chi connectivity index (χ2v) is 16.0. The van der Waals surface area contributed by atoms with Crippen LogP contribution in [0.4, 0.5) is 22.7 Å². The number of nitrogens with zero attached hydrogens (tertiary/aromatic N) is 7. The van der Waals surface area contributed by atoms with E-state index < -0.39 is 28.2 Å². The van der Waals surface area contributed by atoms with E-state index >= 15 is 0 Å². The fourth-order valence-corrected chi connectivity index (χ4v) is 7.20. The van der Waals surface area contributed by atoms with Crippen LogP contribution in [0.15, 0.2) is 156 Å². The third-order valence-electron chi connectivity index (χ3n) is 11.3. The summed E-state index contributed by atoms with van der Waals surface area (Å²) in [6, 6.07) is 48.0. The van der Waals surface area contributed by atoms with Crippen molar-refractivity contribution >= 4 is 40.7 Å². The molecular weight excluding hydrogens is 919 g/mol. The number of carbonyl (C=O) groups is 3. The first-order chi connectivity index (χ1) is 35.0. The maximum atomic E-state index is 13.8. The average Bonchev–Trinajstić information content (AvgIpc) is 3.42. The number of azo groups is 1. The molecule has 0 aliphatic rings. The Morgan fingerprint density at radius 2 is 0.986 bits per heavy atom. The molecule has 0 N–H and O–H groups in total. The molecule has 17 heteroatoms. The van der Waals surface area contributed by atoms with E-state index in [1.54, 1.807) is 60.7 Å². The largest absolute Gasteiger partial charge is 0.490 e. The summed E-state index contributed by atoms with van der Waals surface area (Å²) in [6.07, 6.45) is -1.24. The minimum atomic E-state index is -1.90. The molecule has 0 unspecified atom stereocenters. The van der Waals surface area contributed by atoms with Crippen LogP contribution in [0.25, 0.3) is 22.3 Å². The van der Waals surface area contributed by atoms with Crippen LogP contribution in [0.5, 0.6) is 11.5 Å². The molecule has 0 fully saturated rings. The van der Waals surface area contributed by atoms with E-state index in [2.05, 4.69) is 22.4 Å². The lowest BCUT2D eigenvalue weighted by atomic mass is 9.80. The number of nitro groups is 1. The number of esters is 3. The predicted molar refractivity (Wildman–Crippen MR) is 265 cm³/mol. The molecule has 17 nitrogen and oxygen atoms in total. The molecule has 364 valence electrons. The molecule has 0 aliphatic carbocycles. The van der Waals surface area contributed by atoms with Gasteiger partial charge >= 0.3 is 17.9 Å². The van der Waals surface area contributed by atoms with E-state index in [1.165, 1.54) is 24.3 Å². The minimum absolute atomic E-state index is 0.0375. The Morgan fingerprint density at radius 1 is 0.569 bits per heavy atom. The lowest BCUT2D eigenvalue weighted by Gasteiger charge is -2.26. The molecule has 0 saturated carbocycles. The summed E-state index contributed by atoms with van der Waals surface area (Å²) in [4.78, 5) is 52.2. The Morgan fingerprint density at radius 3 is 1.38 bits per heavy atom. The van der Waals surface area contributed by atoms with E-state index in [9.17, 15) is 29.8 Å². The SMILES string of the molecule is CCN(CCOC(=O)C(C#N)(CCC(=O)OCCOc1ccc(-c2ccc(C#N)cc2)cc1)CCC(=O)OCCOc1ccc(-c2ccc(C#N)cc2)cc1)c1ccc(/N=N/c2ccc([N+](=O)[O-])cc2)cc1. The van der Waals surface area contributed by atoms with E-state index in [-0.39, 0.29) is 70.9 Å². The molecule has 0 spiro atoms. The van der Waals surface area contributed by atoms with Crippen molar-refractivity contribution in [2.45, 2.75) is 32.6 Å². The molecular formula is C55H49N7O10. The Balaban J connectivity index is 1.00. The van der Waals surface area contributed by atoms with Crippen molar-refractivity contribution in [1.29, 1.82) is 15.8 Å². The van der Waals surface area contributed by atoms with E-state index in [0.717, 1.165) is 27.9 Å². The summed E-state index contributed by atoms with van der Waals surface area (Å²) in [5.74, 6) is -1.17. The number of hydrogen-bond acceptors (Lipinski definition) is 16. The normalized spacial score (nSPS) is 10.8. The van der Waals surface area contributed by atoms with E-state index in [4.69, 9.17) is 34.2 Å². The Labute approximate surface area is 416 Å². The van der Waals surface area contributed by atoms with Gasteiger partial charge in [0.25, 0.3) is 5.69 Å². The van der Waals surface area contributed by atoms with Gasteiger partial charge in [-0.25, -0.2) is 0 Å². The molecule has 0 radical (unpaired) electrons. The van der Waals surface area contributed by atoms with Gasteiger partial charge in [-0.15, -0.1) is 0 Å². The monoisotopic (exact) mass is 967 g/mol. The van der Waals surface area contributed by atoms with Crippen molar-refractivity contribution in [3.8, 4) is 52.0 Å². The number of anilines is 1. The number of non-ortho nitro benzene ring substituents is 1. The minimum Gasteiger partial charge on any atom is -0.490 e. The molecule has 72 heavy (non-hydrogen) atoms. The van der Waals surface area contributed by atoms with Crippen molar-refractivity contribution in [3.05, 3.63) is 167 Å². The van der Waals surface area contributed by atoms with Gasteiger partial charge in [0, 0.05) is 37.2 Å². The Kier molecular flexibility index (Phi) is 19.0.